The topological polar surface area (TPSA) is 45.2 Å². The van der Waals surface area contributed by atoms with Gasteiger partial charge in [0.15, 0.2) is 0 Å². The molecular formula is C32H44N2O3. The molecule has 1 aliphatic carbocycles. The van der Waals surface area contributed by atoms with Crippen LogP contribution in [0, 0.1) is 0 Å². The van der Waals surface area contributed by atoms with Gasteiger partial charge in [-0.15, -0.1) is 0 Å². The lowest BCUT2D eigenvalue weighted by Crippen LogP contribution is -2.15. The number of hydrogen-bond acceptors (Lipinski definition) is 5. The van der Waals surface area contributed by atoms with Crippen LogP contribution in [0.2, 0.25) is 0 Å². The van der Waals surface area contributed by atoms with Crippen LogP contribution in [-0.2, 0) is 0 Å². The number of ether oxygens (including phenoxy) is 2. The van der Waals surface area contributed by atoms with E-state index in [0.29, 0.717) is 13.2 Å². The van der Waals surface area contributed by atoms with Crippen LogP contribution in [0.4, 0.5) is 0 Å². The minimum absolute atomic E-state index is 0.174. The van der Waals surface area contributed by atoms with Gasteiger partial charge in [-0.2, -0.15) is 0 Å². The van der Waals surface area contributed by atoms with Crippen molar-refractivity contribution in [2.24, 2.45) is 0 Å². The Kier molecular flexibility index (Phi) is 12.0. The molecule has 0 saturated heterocycles. The van der Waals surface area contributed by atoms with Crippen molar-refractivity contribution < 1.29 is 14.6 Å². The largest absolute Gasteiger partial charge is 0.494 e. The zero-order chi connectivity index (χ0) is 26.5. The molecule has 0 bridgehead atoms. The maximum Gasteiger partial charge on any atom is 0.119 e. The lowest BCUT2D eigenvalue weighted by Gasteiger charge is -2.18. The summed E-state index contributed by atoms with van der Waals surface area (Å²) in [6.07, 6.45) is 11.2. The van der Waals surface area contributed by atoms with E-state index in [2.05, 4.69) is 105 Å². The Labute approximate surface area is 223 Å². The van der Waals surface area contributed by atoms with Gasteiger partial charge in [0.1, 0.15) is 11.5 Å². The first-order valence-electron chi connectivity index (χ1n) is 13.4. The van der Waals surface area contributed by atoms with Crippen molar-refractivity contribution in [3.05, 3.63) is 89.0 Å². The third kappa shape index (κ3) is 9.51. The molecule has 0 spiro atoms. The lowest BCUT2D eigenvalue weighted by atomic mass is 9.87. The quantitative estimate of drug-likeness (QED) is 0.292. The molecule has 0 radical (unpaired) electrons. The zero-order valence-corrected chi connectivity index (χ0v) is 23.1. The standard InChI is InChI=1S/C32H44N2O3/c1-33(2)21-8-24-36-29-17-13-27(14-18-29)32(31(12-7-23-35)26-10-5-6-11-26)28-15-19-30(20-16-28)37-25-9-22-34(3)4/h5,10-11,13-20,35H,6-9,12,21-25H2,1-4H3. The van der Waals surface area contributed by atoms with E-state index in [1.165, 1.54) is 16.7 Å². The van der Waals surface area contributed by atoms with Gasteiger partial charge in [-0.05, 0) is 112 Å². The van der Waals surface area contributed by atoms with Crippen LogP contribution in [-0.4, -0.2) is 76.0 Å². The molecule has 0 aliphatic heterocycles. The Morgan fingerprint density at radius 2 is 1.27 bits per heavy atom. The zero-order valence-electron chi connectivity index (χ0n) is 23.1. The highest BCUT2D eigenvalue weighted by molar-refractivity contribution is 5.85. The normalized spacial score (nSPS) is 12.8. The van der Waals surface area contributed by atoms with Crippen molar-refractivity contribution in [1.82, 2.24) is 9.80 Å². The molecular weight excluding hydrogens is 460 g/mol. The molecule has 2 aromatic rings. The summed E-state index contributed by atoms with van der Waals surface area (Å²) in [7, 11) is 8.32. The van der Waals surface area contributed by atoms with E-state index >= 15 is 0 Å². The molecule has 5 heteroatoms. The average molecular weight is 505 g/mol. The predicted octanol–water partition coefficient (Wildman–Crippen LogP) is 5.81. The molecule has 3 rings (SSSR count). The molecule has 1 N–H and O–H groups in total. The van der Waals surface area contributed by atoms with Crippen LogP contribution in [0.1, 0.15) is 43.2 Å². The fraction of sp³-hybridized carbons (Fsp3) is 0.438. The van der Waals surface area contributed by atoms with Gasteiger partial charge in [-0.25, -0.2) is 0 Å². The summed E-state index contributed by atoms with van der Waals surface area (Å²) in [6.45, 7) is 3.60. The number of hydrogen-bond donors (Lipinski definition) is 1. The first kappa shape index (κ1) is 28.7. The van der Waals surface area contributed by atoms with Crippen molar-refractivity contribution in [2.45, 2.75) is 32.1 Å². The first-order valence-corrected chi connectivity index (χ1v) is 13.4. The summed E-state index contributed by atoms with van der Waals surface area (Å²) in [4.78, 5) is 4.34. The SMILES string of the molecule is CN(C)CCCOc1ccc(C(=C(CCCO)C2=CCC=C2)c2ccc(OCCCN(C)C)cc2)cc1. The third-order valence-corrected chi connectivity index (χ3v) is 6.33. The maximum atomic E-state index is 9.63. The van der Waals surface area contributed by atoms with Crippen molar-refractivity contribution in [3.63, 3.8) is 0 Å². The fourth-order valence-electron chi connectivity index (χ4n) is 4.44. The number of rotatable bonds is 16. The maximum absolute atomic E-state index is 9.63. The highest BCUT2D eigenvalue weighted by Crippen LogP contribution is 2.36. The summed E-state index contributed by atoms with van der Waals surface area (Å²) in [5.74, 6) is 1.78. The first-order chi connectivity index (χ1) is 18.0. The fourth-order valence-corrected chi connectivity index (χ4v) is 4.44. The van der Waals surface area contributed by atoms with Gasteiger partial charge in [0.25, 0.3) is 0 Å². The Morgan fingerprint density at radius 1 is 0.757 bits per heavy atom. The van der Waals surface area contributed by atoms with E-state index < -0.39 is 0 Å². The summed E-state index contributed by atoms with van der Waals surface area (Å²) in [6, 6.07) is 16.9. The molecule has 0 heterocycles. The second-order valence-electron chi connectivity index (χ2n) is 10.0. The highest BCUT2D eigenvalue weighted by Gasteiger charge is 2.16. The van der Waals surface area contributed by atoms with Crippen molar-refractivity contribution in [3.8, 4) is 11.5 Å². The number of aliphatic hydroxyl groups is 1. The minimum Gasteiger partial charge on any atom is -0.494 e. The number of nitrogens with zero attached hydrogens (tertiary/aromatic N) is 2. The summed E-state index contributed by atoms with van der Waals surface area (Å²) in [5, 5.41) is 9.63. The van der Waals surface area contributed by atoms with E-state index in [1.54, 1.807) is 0 Å². The molecule has 0 amide bonds. The van der Waals surface area contributed by atoms with Gasteiger partial charge in [-0.1, -0.05) is 42.5 Å². The van der Waals surface area contributed by atoms with Crippen LogP contribution < -0.4 is 9.47 Å². The Hall–Kier alpha value is -2.86. The number of benzene rings is 2. The Balaban J connectivity index is 1.87. The van der Waals surface area contributed by atoms with Crippen molar-refractivity contribution >= 4 is 5.57 Å². The molecule has 1 aliphatic rings. The van der Waals surface area contributed by atoms with Gasteiger partial charge < -0.3 is 24.4 Å². The van der Waals surface area contributed by atoms with Gasteiger partial charge in [-0.3, -0.25) is 0 Å². The van der Waals surface area contributed by atoms with Crippen LogP contribution in [0.5, 0.6) is 11.5 Å². The molecule has 200 valence electrons. The van der Waals surface area contributed by atoms with Crippen LogP contribution >= 0.6 is 0 Å². The molecule has 37 heavy (non-hydrogen) atoms. The van der Waals surface area contributed by atoms with Gasteiger partial charge in [0.05, 0.1) is 13.2 Å². The molecule has 0 fully saturated rings. The summed E-state index contributed by atoms with van der Waals surface area (Å²) in [5.41, 5.74) is 6.01. The van der Waals surface area contributed by atoms with Crippen LogP contribution in [0.25, 0.3) is 5.57 Å². The van der Waals surface area contributed by atoms with Gasteiger partial charge >= 0.3 is 0 Å². The monoisotopic (exact) mass is 504 g/mol. The van der Waals surface area contributed by atoms with Crippen molar-refractivity contribution in [1.29, 1.82) is 0 Å². The molecule has 0 saturated carbocycles. The van der Waals surface area contributed by atoms with Gasteiger partial charge in [0.2, 0.25) is 0 Å². The number of aliphatic hydroxyl groups excluding tert-OH is 1. The lowest BCUT2D eigenvalue weighted by molar-refractivity contribution is 0.281. The summed E-state index contributed by atoms with van der Waals surface area (Å²) >= 11 is 0. The second kappa shape index (κ2) is 15.4. The number of allylic oxidation sites excluding steroid dienone is 5. The summed E-state index contributed by atoms with van der Waals surface area (Å²) < 4.78 is 12.0. The van der Waals surface area contributed by atoms with E-state index in [0.717, 1.165) is 67.8 Å². The highest BCUT2D eigenvalue weighted by atomic mass is 16.5. The van der Waals surface area contributed by atoms with E-state index in [-0.39, 0.29) is 6.61 Å². The average Bonchev–Trinajstić information content (AvgIpc) is 3.43. The Morgan fingerprint density at radius 3 is 1.68 bits per heavy atom. The molecule has 2 aromatic carbocycles. The third-order valence-electron chi connectivity index (χ3n) is 6.33. The predicted molar refractivity (Wildman–Crippen MR) is 154 cm³/mol. The second-order valence-corrected chi connectivity index (χ2v) is 10.0. The van der Waals surface area contributed by atoms with Gasteiger partial charge in [0, 0.05) is 19.7 Å². The van der Waals surface area contributed by atoms with E-state index in [9.17, 15) is 5.11 Å². The van der Waals surface area contributed by atoms with Crippen LogP contribution in [0.15, 0.2) is 77.9 Å². The Bertz CT molecular complexity index is 973. The molecule has 5 nitrogen and oxygen atoms in total. The van der Waals surface area contributed by atoms with E-state index in [1.807, 2.05) is 0 Å². The molecule has 0 aromatic heterocycles. The molecule has 0 atom stereocenters. The van der Waals surface area contributed by atoms with Crippen molar-refractivity contribution in [2.75, 3.05) is 61.1 Å². The molecule has 0 unspecified atom stereocenters. The van der Waals surface area contributed by atoms with E-state index in [4.69, 9.17) is 9.47 Å². The smallest absolute Gasteiger partial charge is 0.119 e. The van der Waals surface area contributed by atoms with Crippen LogP contribution in [0.3, 0.4) is 0 Å². The minimum atomic E-state index is 0.174.